The molecule has 0 atom stereocenters. The molecule has 0 aliphatic carbocycles. The summed E-state index contributed by atoms with van der Waals surface area (Å²) in [6.45, 7) is 7.29. The van der Waals surface area contributed by atoms with Crippen LogP contribution >= 0.6 is 23.2 Å². The van der Waals surface area contributed by atoms with Crippen molar-refractivity contribution in [3.63, 3.8) is 0 Å². The maximum Gasteiger partial charge on any atom is 0.123 e. The standard InChI is InChI=1S/C13H18Cl2O/c1-13(2,3)6-7-16-12-5-4-11(15)8-10(12)9-14/h4-5,8H,6-7,9H2,1-3H3. The molecular weight excluding hydrogens is 243 g/mol. The van der Waals surface area contributed by atoms with Crippen molar-refractivity contribution in [3.8, 4) is 5.75 Å². The van der Waals surface area contributed by atoms with Crippen LogP contribution in [0.25, 0.3) is 0 Å². The molecule has 0 amide bonds. The van der Waals surface area contributed by atoms with Gasteiger partial charge in [-0.1, -0.05) is 32.4 Å². The molecule has 0 bridgehead atoms. The zero-order valence-corrected chi connectivity index (χ0v) is 11.5. The van der Waals surface area contributed by atoms with E-state index in [1.54, 1.807) is 0 Å². The summed E-state index contributed by atoms with van der Waals surface area (Å²) in [5.74, 6) is 1.26. The molecule has 90 valence electrons. The van der Waals surface area contributed by atoms with Gasteiger partial charge in [-0.15, -0.1) is 11.6 Å². The van der Waals surface area contributed by atoms with Crippen molar-refractivity contribution in [1.82, 2.24) is 0 Å². The lowest BCUT2D eigenvalue weighted by atomic mass is 9.93. The molecule has 3 heteroatoms. The highest BCUT2D eigenvalue weighted by molar-refractivity contribution is 6.30. The van der Waals surface area contributed by atoms with Crippen molar-refractivity contribution in [2.24, 2.45) is 5.41 Å². The van der Waals surface area contributed by atoms with E-state index in [0.717, 1.165) is 17.7 Å². The topological polar surface area (TPSA) is 9.23 Å². The Labute approximate surface area is 108 Å². The zero-order valence-electron chi connectivity index (χ0n) is 10.0. The highest BCUT2D eigenvalue weighted by Crippen LogP contribution is 2.26. The van der Waals surface area contributed by atoms with Crippen molar-refractivity contribution >= 4 is 23.2 Å². The van der Waals surface area contributed by atoms with E-state index in [0.29, 0.717) is 17.5 Å². The average Bonchev–Trinajstić information content (AvgIpc) is 2.18. The third-order valence-corrected chi connectivity index (χ3v) is 2.80. The molecule has 0 N–H and O–H groups in total. The highest BCUT2D eigenvalue weighted by Gasteiger charge is 2.11. The second kappa shape index (κ2) is 5.79. The third kappa shape index (κ3) is 4.63. The molecule has 0 fully saturated rings. The Balaban J connectivity index is 2.60. The first-order valence-electron chi connectivity index (χ1n) is 5.39. The summed E-state index contributed by atoms with van der Waals surface area (Å²) in [5, 5.41) is 0.693. The first kappa shape index (κ1) is 13.7. The number of ether oxygens (including phenoxy) is 1. The fraction of sp³-hybridized carbons (Fsp3) is 0.538. The monoisotopic (exact) mass is 260 g/mol. The van der Waals surface area contributed by atoms with E-state index in [9.17, 15) is 0 Å². The van der Waals surface area contributed by atoms with Crippen molar-refractivity contribution < 1.29 is 4.74 Å². The van der Waals surface area contributed by atoms with Crippen LogP contribution in [0.1, 0.15) is 32.8 Å². The van der Waals surface area contributed by atoms with Gasteiger partial charge in [0.15, 0.2) is 0 Å². The van der Waals surface area contributed by atoms with Gasteiger partial charge in [0.25, 0.3) is 0 Å². The van der Waals surface area contributed by atoms with Crippen LogP contribution < -0.4 is 4.74 Å². The Hall–Kier alpha value is -0.400. The Morgan fingerprint density at radius 1 is 1.25 bits per heavy atom. The molecule has 0 saturated carbocycles. The Bertz CT molecular complexity index is 342. The lowest BCUT2D eigenvalue weighted by molar-refractivity contribution is 0.242. The van der Waals surface area contributed by atoms with Gasteiger partial charge in [-0.25, -0.2) is 0 Å². The molecule has 0 aliphatic rings. The molecule has 0 aromatic heterocycles. The quantitative estimate of drug-likeness (QED) is 0.701. The van der Waals surface area contributed by atoms with Gasteiger partial charge < -0.3 is 4.74 Å². The summed E-state index contributed by atoms with van der Waals surface area (Å²) in [7, 11) is 0. The summed E-state index contributed by atoms with van der Waals surface area (Å²) in [6.07, 6.45) is 1.01. The van der Waals surface area contributed by atoms with E-state index in [1.165, 1.54) is 0 Å². The molecule has 0 heterocycles. The number of hydrogen-bond acceptors (Lipinski definition) is 1. The largest absolute Gasteiger partial charge is 0.493 e. The average molecular weight is 261 g/mol. The molecule has 0 radical (unpaired) electrons. The first-order valence-corrected chi connectivity index (χ1v) is 6.31. The third-order valence-electron chi connectivity index (χ3n) is 2.28. The fourth-order valence-corrected chi connectivity index (χ4v) is 1.66. The lowest BCUT2D eigenvalue weighted by Gasteiger charge is -2.18. The van der Waals surface area contributed by atoms with E-state index >= 15 is 0 Å². The van der Waals surface area contributed by atoms with Crippen molar-refractivity contribution in [1.29, 1.82) is 0 Å². The molecule has 0 unspecified atom stereocenters. The Morgan fingerprint density at radius 3 is 2.50 bits per heavy atom. The Kier molecular flexibility index (Phi) is 4.94. The summed E-state index contributed by atoms with van der Waals surface area (Å²) < 4.78 is 5.72. The van der Waals surface area contributed by atoms with E-state index in [2.05, 4.69) is 20.8 Å². The highest BCUT2D eigenvalue weighted by atomic mass is 35.5. The van der Waals surface area contributed by atoms with Crippen LogP contribution in [-0.4, -0.2) is 6.61 Å². The second-order valence-electron chi connectivity index (χ2n) is 5.04. The molecule has 0 aliphatic heterocycles. The van der Waals surface area contributed by atoms with Gasteiger partial charge in [0.1, 0.15) is 5.75 Å². The van der Waals surface area contributed by atoms with E-state index in [-0.39, 0.29) is 5.41 Å². The van der Waals surface area contributed by atoms with Crippen LogP contribution in [0.5, 0.6) is 5.75 Å². The minimum absolute atomic E-state index is 0.285. The van der Waals surface area contributed by atoms with Crippen LogP contribution in [0.3, 0.4) is 0 Å². The molecule has 16 heavy (non-hydrogen) atoms. The lowest BCUT2D eigenvalue weighted by Crippen LogP contribution is -2.11. The molecular formula is C13H18Cl2O. The van der Waals surface area contributed by atoms with Crippen molar-refractivity contribution in [3.05, 3.63) is 28.8 Å². The number of halogens is 2. The number of alkyl halides is 1. The van der Waals surface area contributed by atoms with E-state index < -0.39 is 0 Å². The van der Waals surface area contributed by atoms with Gasteiger partial charge in [0, 0.05) is 10.6 Å². The van der Waals surface area contributed by atoms with Gasteiger partial charge in [-0.05, 0) is 30.0 Å². The first-order chi connectivity index (χ1) is 7.42. The van der Waals surface area contributed by atoms with E-state index in [1.807, 2.05) is 18.2 Å². The van der Waals surface area contributed by atoms with Gasteiger partial charge >= 0.3 is 0 Å². The number of rotatable bonds is 4. The SMILES string of the molecule is CC(C)(C)CCOc1ccc(Cl)cc1CCl. The summed E-state index contributed by atoms with van der Waals surface area (Å²) >= 11 is 11.7. The van der Waals surface area contributed by atoms with Gasteiger partial charge in [-0.3, -0.25) is 0 Å². The van der Waals surface area contributed by atoms with Crippen LogP contribution in [0.4, 0.5) is 0 Å². The van der Waals surface area contributed by atoms with Gasteiger partial charge in [-0.2, -0.15) is 0 Å². The smallest absolute Gasteiger partial charge is 0.123 e. The minimum atomic E-state index is 0.285. The summed E-state index contributed by atoms with van der Waals surface area (Å²) in [6, 6.07) is 5.55. The summed E-state index contributed by atoms with van der Waals surface area (Å²) in [4.78, 5) is 0. The molecule has 0 saturated heterocycles. The predicted octanol–water partition coefficient (Wildman–Crippen LogP) is 4.89. The number of hydrogen-bond donors (Lipinski definition) is 0. The Morgan fingerprint density at radius 2 is 1.94 bits per heavy atom. The predicted molar refractivity (Wildman–Crippen MR) is 70.6 cm³/mol. The normalized spacial score (nSPS) is 11.6. The molecule has 1 aromatic carbocycles. The van der Waals surface area contributed by atoms with Gasteiger partial charge in [0.2, 0.25) is 0 Å². The van der Waals surface area contributed by atoms with Gasteiger partial charge in [0.05, 0.1) is 12.5 Å². The van der Waals surface area contributed by atoms with Crippen LogP contribution in [-0.2, 0) is 5.88 Å². The maximum atomic E-state index is 5.89. The van der Waals surface area contributed by atoms with E-state index in [4.69, 9.17) is 27.9 Å². The minimum Gasteiger partial charge on any atom is -0.493 e. The summed E-state index contributed by atoms with van der Waals surface area (Å²) in [5.41, 5.74) is 1.23. The molecule has 1 rings (SSSR count). The van der Waals surface area contributed by atoms with Crippen LogP contribution in [0.15, 0.2) is 18.2 Å². The molecule has 0 spiro atoms. The fourth-order valence-electron chi connectivity index (χ4n) is 1.26. The van der Waals surface area contributed by atoms with Crippen molar-refractivity contribution in [2.45, 2.75) is 33.1 Å². The zero-order chi connectivity index (χ0) is 12.2. The van der Waals surface area contributed by atoms with Crippen LogP contribution in [0.2, 0.25) is 5.02 Å². The maximum absolute atomic E-state index is 5.89. The second-order valence-corrected chi connectivity index (χ2v) is 5.75. The number of benzene rings is 1. The molecule has 1 aromatic rings. The van der Waals surface area contributed by atoms with Crippen molar-refractivity contribution in [2.75, 3.05) is 6.61 Å². The molecule has 1 nitrogen and oxygen atoms in total. The van der Waals surface area contributed by atoms with Crippen LogP contribution in [0, 0.1) is 5.41 Å².